The molecule has 1 atom stereocenters. The number of ether oxygens (including phenoxy) is 2. The van der Waals surface area contributed by atoms with Crippen LogP contribution in [-0.2, 0) is 21.0 Å². The zero-order valence-corrected chi connectivity index (χ0v) is 14.2. The SMILES string of the molecule is CCOCCCOc1ccc(S(=O)(=O)C(F)F)c2c1CC(F)(F)[C@H]2O. The molecule has 0 saturated heterocycles. The van der Waals surface area contributed by atoms with Crippen LogP contribution in [0.4, 0.5) is 17.6 Å². The molecule has 1 aliphatic rings. The number of benzene rings is 1. The highest BCUT2D eigenvalue weighted by Gasteiger charge is 2.51. The number of fused-ring (bicyclic) bond motifs is 1. The van der Waals surface area contributed by atoms with Crippen LogP contribution >= 0.6 is 0 Å². The molecule has 1 aliphatic carbocycles. The van der Waals surface area contributed by atoms with Crippen molar-refractivity contribution in [1.82, 2.24) is 0 Å². The monoisotopic (exact) mass is 386 g/mol. The molecule has 0 aromatic heterocycles. The van der Waals surface area contributed by atoms with E-state index in [1.165, 1.54) is 0 Å². The Bertz CT molecular complexity index is 721. The summed E-state index contributed by atoms with van der Waals surface area (Å²) in [6, 6.07) is 1.83. The largest absolute Gasteiger partial charge is 0.493 e. The molecule has 0 aliphatic heterocycles. The number of halogens is 4. The minimum absolute atomic E-state index is 0.0593. The molecule has 0 fully saturated rings. The van der Waals surface area contributed by atoms with E-state index in [0.29, 0.717) is 19.6 Å². The summed E-state index contributed by atoms with van der Waals surface area (Å²) >= 11 is 0. The van der Waals surface area contributed by atoms with Crippen molar-refractivity contribution in [2.24, 2.45) is 0 Å². The van der Waals surface area contributed by atoms with Gasteiger partial charge in [0, 0.05) is 37.2 Å². The Hall–Kier alpha value is -1.39. The van der Waals surface area contributed by atoms with Crippen molar-refractivity contribution in [3.8, 4) is 5.75 Å². The third kappa shape index (κ3) is 3.90. The zero-order chi connectivity index (χ0) is 18.8. The van der Waals surface area contributed by atoms with Crippen molar-refractivity contribution >= 4 is 9.84 Å². The van der Waals surface area contributed by atoms with Gasteiger partial charge in [-0.25, -0.2) is 17.2 Å². The van der Waals surface area contributed by atoms with E-state index >= 15 is 0 Å². The van der Waals surface area contributed by atoms with E-state index < -0.39 is 44.5 Å². The fourth-order valence-electron chi connectivity index (χ4n) is 2.62. The molecule has 2 rings (SSSR count). The Balaban J connectivity index is 2.38. The first-order valence-corrected chi connectivity index (χ1v) is 9.11. The lowest BCUT2D eigenvalue weighted by molar-refractivity contribution is -0.0976. The summed E-state index contributed by atoms with van der Waals surface area (Å²) < 4.78 is 87.2. The summed E-state index contributed by atoms with van der Waals surface area (Å²) in [7, 11) is -5.14. The molecule has 25 heavy (non-hydrogen) atoms. The Morgan fingerprint density at radius 3 is 2.60 bits per heavy atom. The number of hydrogen-bond donors (Lipinski definition) is 1. The molecule has 0 radical (unpaired) electrons. The quantitative estimate of drug-likeness (QED) is 0.549. The van der Waals surface area contributed by atoms with E-state index in [1.54, 1.807) is 6.92 Å². The Morgan fingerprint density at radius 1 is 1.32 bits per heavy atom. The second-order valence-corrected chi connectivity index (χ2v) is 7.39. The summed E-state index contributed by atoms with van der Waals surface area (Å²) in [5, 5.41) is 9.77. The number of aliphatic hydroxyl groups excluding tert-OH is 1. The van der Waals surface area contributed by atoms with Gasteiger partial charge >= 0.3 is 5.76 Å². The van der Waals surface area contributed by atoms with Crippen LogP contribution in [0.2, 0.25) is 0 Å². The van der Waals surface area contributed by atoms with Gasteiger partial charge in [0.2, 0.25) is 9.84 Å². The molecule has 142 valence electrons. The maximum absolute atomic E-state index is 13.9. The first-order valence-electron chi connectivity index (χ1n) is 7.57. The van der Waals surface area contributed by atoms with Crippen LogP contribution < -0.4 is 4.74 Å². The van der Waals surface area contributed by atoms with Crippen LogP contribution in [0.25, 0.3) is 0 Å². The molecule has 0 saturated carbocycles. The van der Waals surface area contributed by atoms with Gasteiger partial charge in [-0.05, 0) is 19.1 Å². The van der Waals surface area contributed by atoms with Gasteiger partial charge in [-0.1, -0.05) is 0 Å². The lowest BCUT2D eigenvalue weighted by Crippen LogP contribution is -2.23. The summed E-state index contributed by atoms with van der Waals surface area (Å²) in [4.78, 5) is -0.996. The van der Waals surface area contributed by atoms with Crippen molar-refractivity contribution in [2.45, 2.75) is 42.4 Å². The van der Waals surface area contributed by atoms with Crippen molar-refractivity contribution in [3.05, 3.63) is 23.3 Å². The van der Waals surface area contributed by atoms with Crippen molar-refractivity contribution in [3.63, 3.8) is 0 Å². The molecule has 1 aromatic rings. The average molecular weight is 386 g/mol. The zero-order valence-electron chi connectivity index (χ0n) is 13.3. The molecule has 0 spiro atoms. The van der Waals surface area contributed by atoms with E-state index in [1.807, 2.05) is 0 Å². The first kappa shape index (κ1) is 19.9. The van der Waals surface area contributed by atoms with Gasteiger partial charge in [0.05, 0.1) is 11.5 Å². The number of sulfone groups is 1. The highest BCUT2D eigenvalue weighted by Crippen LogP contribution is 2.49. The molecule has 0 unspecified atom stereocenters. The maximum Gasteiger partial charge on any atom is 0.341 e. The Morgan fingerprint density at radius 2 is 2.00 bits per heavy atom. The molecule has 0 amide bonds. The molecule has 5 nitrogen and oxygen atoms in total. The predicted molar refractivity (Wildman–Crippen MR) is 79.8 cm³/mol. The molecule has 10 heteroatoms. The van der Waals surface area contributed by atoms with Crippen LogP contribution in [0, 0.1) is 0 Å². The van der Waals surface area contributed by atoms with Crippen molar-refractivity contribution in [2.75, 3.05) is 19.8 Å². The summed E-state index contributed by atoms with van der Waals surface area (Å²) in [6.45, 7) is 2.80. The minimum Gasteiger partial charge on any atom is -0.493 e. The fraction of sp³-hybridized carbons (Fsp3) is 0.600. The second-order valence-electron chi connectivity index (χ2n) is 5.50. The molecule has 0 heterocycles. The average Bonchev–Trinajstić information content (AvgIpc) is 2.77. The Kier molecular flexibility index (Phi) is 5.95. The highest BCUT2D eigenvalue weighted by atomic mass is 32.2. The van der Waals surface area contributed by atoms with E-state index in [4.69, 9.17) is 9.47 Å². The number of rotatable bonds is 8. The van der Waals surface area contributed by atoms with E-state index in [-0.39, 0.29) is 17.9 Å². The molecule has 1 N–H and O–H groups in total. The van der Waals surface area contributed by atoms with Crippen LogP contribution in [0.1, 0.15) is 30.6 Å². The van der Waals surface area contributed by atoms with Gasteiger partial charge in [-0.3, -0.25) is 0 Å². The third-order valence-electron chi connectivity index (χ3n) is 3.80. The molecule has 1 aromatic carbocycles. The van der Waals surface area contributed by atoms with E-state index in [2.05, 4.69) is 0 Å². The smallest absolute Gasteiger partial charge is 0.341 e. The summed E-state index contributed by atoms with van der Waals surface area (Å²) in [5.41, 5.74) is -0.983. The number of hydrogen-bond acceptors (Lipinski definition) is 5. The standard InChI is InChI=1S/C15H18F4O5S/c1-2-23-6-3-7-24-10-4-5-11(25(21,22)14(16)17)12-9(10)8-15(18,19)13(12)20/h4-5,13-14,20H,2-3,6-8H2,1H3/t13-/m0/s1. The van der Waals surface area contributed by atoms with Gasteiger partial charge in [-0.2, -0.15) is 8.78 Å². The van der Waals surface area contributed by atoms with Gasteiger partial charge in [-0.15, -0.1) is 0 Å². The number of alkyl halides is 4. The van der Waals surface area contributed by atoms with Gasteiger partial charge in [0.1, 0.15) is 11.9 Å². The van der Waals surface area contributed by atoms with Crippen molar-refractivity contribution in [1.29, 1.82) is 0 Å². The predicted octanol–water partition coefficient (Wildman–Crippen LogP) is 2.71. The first-order chi connectivity index (χ1) is 11.6. The van der Waals surface area contributed by atoms with Gasteiger partial charge < -0.3 is 14.6 Å². The molecular formula is C15H18F4O5S. The topological polar surface area (TPSA) is 72.8 Å². The highest BCUT2D eigenvalue weighted by molar-refractivity contribution is 7.91. The van der Waals surface area contributed by atoms with Crippen molar-refractivity contribution < 1.29 is 40.6 Å². The summed E-state index contributed by atoms with van der Waals surface area (Å²) in [6.07, 6.45) is -3.02. The fourth-order valence-corrected chi connectivity index (χ4v) is 3.61. The maximum atomic E-state index is 13.9. The molecule has 0 bridgehead atoms. The van der Waals surface area contributed by atoms with Crippen LogP contribution in [0.15, 0.2) is 17.0 Å². The lowest BCUT2D eigenvalue weighted by atomic mass is 10.1. The van der Waals surface area contributed by atoms with Crippen LogP contribution in [-0.4, -0.2) is 45.0 Å². The number of aliphatic hydroxyl groups is 1. The summed E-state index contributed by atoms with van der Waals surface area (Å²) in [5.74, 6) is -7.51. The van der Waals surface area contributed by atoms with Crippen LogP contribution in [0.3, 0.4) is 0 Å². The molecular weight excluding hydrogens is 368 g/mol. The van der Waals surface area contributed by atoms with E-state index in [9.17, 15) is 31.1 Å². The third-order valence-corrected chi connectivity index (χ3v) is 5.23. The van der Waals surface area contributed by atoms with Gasteiger partial charge in [0.15, 0.2) is 0 Å². The lowest BCUT2D eigenvalue weighted by Gasteiger charge is -2.16. The van der Waals surface area contributed by atoms with Gasteiger partial charge in [0.25, 0.3) is 5.92 Å². The Labute approximate surface area is 142 Å². The minimum atomic E-state index is -5.14. The van der Waals surface area contributed by atoms with Crippen LogP contribution in [0.5, 0.6) is 5.75 Å². The normalized spacial score (nSPS) is 19.2. The van der Waals surface area contributed by atoms with E-state index in [0.717, 1.165) is 12.1 Å². The second kappa shape index (κ2) is 7.46.